The molecule has 1 aromatic carbocycles. The second-order valence-electron chi connectivity index (χ2n) is 6.03. The van der Waals surface area contributed by atoms with Gasteiger partial charge in [-0.2, -0.15) is 4.98 Å². The van der Waals surface area contributed by atoms with Crippen molar-refractivity contribution in [1.29, 1.82) is 0 Å². The van der Waals surface area contributed by atoms with Gasteiger partial charge in [0.25, 0.3) is 5.91 Å². The summed E-state index contributed by atoms with van der Waals surface area (Å²) in [5.41, 5.74) is 0.883. The maximum Gasteiger partial charge on any atom is 0.289 e. The molecule has 1 saturated heterocycles. The van der Waals surface area contributed by atoms with Crippen molar-refractivity contribution in [3.8, 4) is 11.4 Å². The van der Waals surface area contributed by atoms with Crippen molar-refractivity contribution < 1.29 is 18.6 Å². The van der Waals surface area contributed by atoms with Crippen molar-refractivity contribution in [2.75, 3.05) is 37.7 Å². The molecule has 1 fully saturated rings. The second-order valence-corrected chi connectivity index (χ2v) is 6.03. The third-order valence-corrected chi connectivity index (χ3v) is 4.18. The predicted octanol–water partition coefficient (Wildman–Crippen LogP) is 1.53. The summed E-state index contributed by atoms with van der Waals surface area (Å²) in [7, 11) is 0. The average molecular weight is 369 g/mol. The molecule has 1 amide bonds. The number of hydrogen-bond acceptors (Lipinski definition) is 8. The molecule has 0 bridgehead atoms. The summed E-state index contributed by atoms with van der Waals surface area (Å²) in [5, 5.41) is 10.7. The molecule has 3 heterocycles. The minimum atomic E-state index is -0.329. The molecule has 27 heavy (non-hydrogen) atoms. The molecule has 0 spiro atoms. The van der Waals surface area contributed by atoms with Gasteiger partial charge in [0.15, 0.2) is 5.82 Å². The number of ether oxygens (including phenoxy) is 1. The second kappa shape index (κ2) is 8.00. The standard InChI is InChI=1S/C18H19N5O4/c24-18(14-12-15(21-26-14)23-8-10-25-11-9-23)19-7-6-16-20-17(22-27-16)13-4-2-1-3-5-13/h1-5,12H,6-11H2,(H,19,24). The van der Waals surface area contributed by atoms with E-state index in [1.807, 2.05) is 35.2 Å². The Morgan fingerprint density at radius 3 is 2.74 bits per heavy atom. The summed E-state index contributed by atoms with van der Waals surface area (Å²) in [6, 6.07) is 11.2. The van der Waals surface area contributed by atoms with Gasteiger partial charge in [-0.25, -0.2) is 0 Å². The Balaban J connectivity index is 1.29. The van der Waals surface area contributed by atoms with Crippen LogP contribution in [0.3, 0.4) is 0 Å². The lowest BCUT2D eigenvalue weighted by molar-refractivity contribution is 0.0916. The Labute approximate surface area is 155 Å². The Bertz CT molecular complexity index is 886. The predicted molar refractivity (Wildman–Crippen MR) is 95.3 cm³/mol. The van der Waals surface area contributed by atoms with Crippen LogP contribution in [0.1, 0.15) is 16.4 Å². The number of nitrogens with one attached hydrogen (secondary N) is 1. The first-order valence-electron chi connectivity index (χ1n) is 8.75. The monoisotopic (exact) mass is 369 g/mol. The first-order valence-corrected chi connectivity index (χ1v) is 8.75. The van der Waals surface area contributed by atoms with Crippen LogP contribution in [0.5, 0.6) is 0 Å². The fraction of sp³-hybridized carbons (Fsp3) is 0.333. The van der Waals surface area contributed by atoms with E-state index in [9.17, 15) is 4.79 Å². The van der Waals surface area contributed by atoms with Crippen molar-refractivity contribution in [3.05, 3.63) is 48.0 Å². The minimum Gasteiger partial charge on any atom is -0.378 e. The first kappa shape index (κ1) is 17.2. The maximum absolute atomic E-state index is 12.2. The third-order valence-electron chi connectivity index (χ3n) is 4.18. The molecular weight excluding hydrogens is 350 g/mol. The molecule has 9 heteroatoms. The molecule has 0 radical (unpaired) electrons. The number of carbonyl (C=O) groups excluding carboxylic acids is 1. The summed E-state index contributed by atoms with van der Waals surface area (Å²) >= 11 is 0. The van der Waals surface area contributed by atoms with Gasteiger partial charge in [-0.05, 0) is 0 Å². The highest BCUT2D eigenvalue weighted by Crippen LogP contribution is 2.16. The van der Waals surface area contributed by atoms with Gasteiger partial charge in [-0.15, -0.1) is 0 Å². The van der Waals surface area contributed by atoms with Crippen LogP contribution in [0.25, 0.3) is 11.4 Å². The Hall–Kier alpha value is -3.20. The quantitative estimate of drug-likeness (QED) is 0.697. The zero-order valence-electron chi connectivity index (χ0n) is 14.6. The minimum absolute atomic E-state index is 0.173. The van der Waals surface area contributed by atoms with E-state index in [0.717, 1.165) is 18.7 Å². The van der Waals surface area contributed by atoms with E-state index in [4.69, 9.17) is 13.8 Å². The van der Waals surface area contributed by atoms with Crippen LogP contribution < -0.4 is 10.2 Å². The van der Waals surface area contributed by atoms with Gasteiger partial charge in [-0.3, -0.25) is 4.79 Å². The zero-order chi connectivity index (χ0) is 18.5. The third kappa shape index (κ3) is 4.14. The molecule has 4 rings (SSSR count). The topological polar surface area (TPSA) is 107 Å². The fourth-order valence-corrected chi connectivity index (χ4v) is 2.75. The van der Waals surface area contributed by atoms with Gasteiger partial charge >= 0.3 is 0 Å². The van der Waals surface area contributed by atoms with Crippen LogP contribution in [0.4, 0.5) is 5.82 Å². The first-order chi connectivity index (χ1) is 13.3. The molecule has 0 atom stereocenters. The molecule has 1 aliphatic rings. The lowest BCUT2D eigenvalue weighted by Crippen LogP contribution is -2.36. The van der Waals surface area contributed by atoms with Crippen LogP contribution in [0, 0.1) is 0 Å². The molecule has 0 saturated carbocycles. The highest BCUT2D eigenvalue weighted by molar-refractivity contribution is 5.92. The van der Waals surface area contributed by atoms with Gasteiger partial charge in [0.2, 0.25) is 17.5 Å². The van der Waals surface area contributed by atoms with Crippen molar-refractivity contribution >= 4 is 11.7 Å². The summed E-state index contributed by atoms with van der Waals surface area (Å²) in [4.78, 5) is 18.6. The summed E-state index contributed by atoms with van der Waals surface area (Å²) in [6.45, 7) is 3.10. The normalized spacial score (nSPS) is 14.3. The van der Waals surface area contributed by atoms with E-state index >= 15 is 0 Å². The van der Waals surface area contributed by atoms with Gasteiger partial charge in [0, 0.05) is 37.7 Å². The molecule has 9 nitrogen and oxygen atoms in total. The van der Waals surface area contributed by atoms with E-state index in [0.29, 0.717) is 43.7 Å². The molecule has 140 valence electrons. The molecular formula is C18H19N5O4. The van der Waals surface area contributed by atoms with E-state index in [1.165, 1.54) is 0 Å². The number of morpholine rings is 1. The van der Waals surface area contributed by atoms with Crippen LogP contribution in [-0.2, 0) is 11.2 Å². The lowest BCUT2D eigenvalue weighted by Gasteiger charge is -2.25. The number of carbonyl (C=O) groups is 1. The smallest absolute Gasteiger partial charge is 0.289 e. The van der Waals surface area contributed by atoms with Crippen LogP contribution in [0.15, 0.2) is 45.4 Å². The summed E-state index contributed by atoms with van der Waals surface area (Å²) < 4.78 is 15.7. The van der Waals surface area contributed by atoms with Crippen molar-refractivity contribution in [3.63, 3.8) is 0 Å². The summed E-state index contributed by atoms with van der Waals surface area (Å²) in [5.74, 6) is 1.48. The number of nitrogens with zero attached hydrogens (tertiary/aromatic N) is 4. The Morgan fingerprint density at radius 2 is 1.93 bits per heavy atom. The van der Waals surface area contributed by atoms with E-state index in [-0.39, 0.29) is 11.7 Å². The number of aromatic nitrogens is 3. The average Bonchev–Trinajstić information content (AvgIpc) is 3.39. The van der Waals surface area contributed by atoms with Gasteiger partial charge in [0.1, 0.15) is 0 Å². The summed E-state index contributed by atoms with van der Waals surface area (Å²) in [6.07, 6.45) is 0.427. The van der Waals surface area contributed by atoms with Crippen LogP contribution in [0.2, 0.25) is 0 Å². The van der Waals surface area contributed by atoms with E-state index < -0.39 is 0 Å². The number of hydrogen-bond donors (Lipinski definition) is 1. The molecule has 0 unspecified atom stereocenters. The molecule has 3 aromatic rings. The van der Waals surface area contributed by atoms with Gasteiger partial charge in [0.05, 0.1) is 13.2 Å². The number of anilines is 1. The number of benzene rings is 1. The van der Waals surface area contributed by atoms with E-state index in [1.54, 1.807) is 6.07 Å². The zero-order valence-corrected chi connectivity index (χ0v) is 14.6. The Kier molecular flexibility index (Phi) is 5.10. The largest absolute Gasteiger partial charge is 0.378 e. The SMILES string of the molecule is O=C(NCCc1nc(-c2ccccc2)no1)c1cc(N2CCOCC2)no1. The highest BCUT2D eigenvalue weighted by atomic mass is 16.5. The number of amides is 1. The van der Waals surface area contributed by atoms with Crippen molar-refractivity contribution in [1.82, 2.24) is 20.6 Å². The molecule has 2 aromatic heterocycles. The van der Waals surface area contributed by atoms with Crippen molar-refractivity contribution in [2.24, 2.45) is 0 Å². The van der Waals surface area contributed by atoms with Gasteiger partial charge < -0.3 is 24.0 Å². The van der Waals surface area contributed by atoms with Gasteiger partial charge in [-0.1, -0.05) is 40.6 Å². The van der Waals surface area contributed by atoms with E-state index in [2.05, 4.69) is 20.6 Å². The highest BCUT2D eigenvalue weighted by Gasteiger charge is 2.19. The molecule has 0 aliphatic carbocycles. The fourth-order valence-electron chi connectivity index (χ4n) is 2.75. The molecule has 1 N–H and O–H groups in total. The van der Waals surface area contributed by atoms with Crippen molar-refractivity contribution in [2.45, 2.75) is 6.42 Å². The van der Waals surface area contributed by atoms with Crippen LogP contribution in [-0.4, -0.2) is 54.1 Å². The van der Waals surface area contributed by atoms with Crippen LogP contribution >= 0.6 is 0 Å². The maximum atomic E-state index is 12.2. The lowest BCUT2D eigenvalue weighted by atomic mass is 10.2. The molecule has 1 aliphatic heterocycles. The Morgan fingerprint density at radius 1 is 1.11 bits per heavy atom. The number of rotatable bonds is 6.